The van der Waals surface area contributed by atoms with Gasteiger partial charge in [-0.3, -0.25) is 4.79 Å². The molecule has 0 bridgehead atoms. The van der Waals surface area contributed by atoms with Crippen molar-refractivity contribution in [1.82, 2.24) is 5.32 Å². The molecule has 1 fully saturated rings. The zero-order chi connectivity index (χ0) is 22.5. The maximum Gasteiger partial charge on any atom is 0.303 e. The van der Waals surface area contributed by atoms with Crippen molar-refractivity contribution < 1.29 is 14.6 Å². The van der Waals surface area contributed by atoms with Crippen LogP contribution in [0.1, 0.15) is 62.2 Å². The van der Waals surface area contributed by atoms with Gasteiger partial charge in [0.1, 0.15) is 11.9 Å². The summed E-state index contributed by atoms with van der Waals surface area (Å²) in [5, 5.41) is 11.9. The lowest BCUT2D eigenvalue weighted by atomic mass is 9.72. The Morgan fingerprint density at radius 1 is 1.10 bits per heavy atom. The number of nitrogens with two attached hydrogens (primary N) is 1. The van der Waals surface area contributed by atoms with Crippen molar-refractivity contribution in [3.8, 4) is 5.75 Å². The van der Waals surface area contributed by atoms with Crippen LogP contribution in [0.5, 0.6) is 5.75 Å². The lowest BCUT2D eigenvalue weighted by molar-refractivity contribution is -0.140. The summed E-state index contributed by atoms with van der Waals surface area (Å²) >= 11 is 0. The van der Waals surface area contributed by atoms with Gasteiger partial charge < -0.3 is 20.9 Å². The molecule has 0 unspecified atom stereocenters. The Kier molecular flexibility index (Phi) is 10.5. The van der Waals surface area contributed by atoms with Crippen LogP contribution in [0.15, 0.2) is 54.6 Å². The third-order valence-electron chi connectivity index (χ3n) is 6.06. The number of carboxylic acids is 1. The number of para-hydroxylation sites is 1. The van der Waals surface area contributed by atoms with Crippen molar-refractivity contribution in [2.24, 2.45) is 11.1 Å². The largest absolute Gasteiger partial charge is 0.485 e. The first-order chi connectivity index (χ1) is 15.0. The molecule has 0 radical (unpaired) electrons. The number of aliphatic carboxylic acids is 1. The number of benzene rings is 2. The normalized spacial score (nSPS) is 16.0. The van der Waals surface area contributed by atoms with Crippen molar-refractivity contribution in [3.05, 3.63) is 65.7 Å². The van der Waals surface area contributed by atoms with E-state index in [-0.39, 0.29) is 17.9 Å². The lowest BCUT2D eigenvalue weighted by Gasteiger charge is -2.34. The number of carbonyl (C=O) groups is 1. The van der Waals surface area contributed by atoms with E-state index in [1.165, 1.54) is 17.5 Å². The Morgan fingerprint density at radius 3 is 2.32 bits per heavy atom. The zero-order valence-corrected chi connectivity index (χ0v) is 19.0. The van der Waals surface area contributed by atoms with Gasteiger partial charge in [0, 0.05) is 6.42 Å². The predicted molar refractivity (Wildman–Crippen MR) is 126 cm³/mol. The smallest absolute Gasteiger partial charge is 0.303 e. The summed E-state index contributed by atoms with van der Waals surface area (Å²) in [6, 6.07) is 18.6. The van der Waals surface area contributed by atoms with Crippen LogP contribution < -0.4 is 15.8 Å². The summed E-state index contributed by atoms with van der Waals surface area (Å²) in [5.41, 5.74) is 7.94. The molecule has 3 rings (SSSR count). The summed E-state index contributed by atoms with van der Waals surface area (Å²) < 4.78 is 6.19. The molecule has 1 aliphatic rings. The second kappa shape index (κ2) is 13.1. The molecule has 5 heteroatoms. The van der Waals surface area contributed by atoms with Crippen LogP contribution in [0.2, 0.25) is 0 Å². The molecule has 1 aliphatic carbocycles. The van der Waals surface area contributed by atoms with Gasteiger partial charge in [-0.2, -0.15) is 0 Å². The summed E-state index contributed by atoms with van der Waals surface area (Å²) in [6.45, 7) is 3.54. The predicted octanol–water partition coefficient (Wildman–Crippen LogP) is 5.09. The molecule has 4 N–H and O–H groups in total. The maximum atomic E-state index is 10.6. The highest BCUT2D eigenvalue weighted by Crippen LogP contribution is 2.38. The molecular weight excluding hydrogens is 388 g/mol. The SMILES string of the molecule is CNCC[C@@H](Oc1ccccc1C)c1ccccc1.NCC1(CC(=O)O)CCCCC1. The molecule has 0 saturated heterocycles. The van der Waals surface area contributed by atoms with Crippen LogP contribution >= 0.6 is 0 Å². The highest BCUT2D eigenvalue weighted by molar-refractivity contribution is 5.67. The highest BCUT2D eigenvalue weighted by atomic mass is 16.5. The second-order valence-electron chi connectivity index (χ2n) is 8.51. The van der Waals surface area contributed by atoms with Crippen molar-refractivity contribution in [1.29, 1.82) is 0 Å². The molecule has 2 aromatic carbocycles. The fraction of sp³-hybridized carbons (Fsp3) is 0.500. The van der Waals surface area contributed by atoms with E-state index in [0.29, 0.717) is 6.54 Å². The molecule has 5 nitrogen and oxygen atoms in total. The summed E-state index contributed by atoms with van der Waals surface area (Å²) in [4.78, 5) is 10.6. The maximum absolute atomic E-state index is 10.6. The van der Waals surface area contributed by atoms with Gasteiger partial charge in [-0.1, -0.05) is 67.8 Å². The molecule has 0 aliphatic heterocycles. The Hall–Kier alpha value is -2.37. The first-order valence-electron chi connectivity index (χ1n) is 11.3. The van der Waals surface area contributed by atoms with Crippen LogP contribution in [0.4, 0.5) is 0 Å². The van der Waals surface area contributed by atoms with Gasteiger partial charge in [0.05, 0.1) is 6.42 Å². The molecule has 0 heterocycles. The molecular formula is C26H38N2O3. The van der Waals surface area contributed by atoms with Gasteiger partial charge in [0.25, 0.3) is 0 Å². The van der Waals surface area contributed by atoms with E-state index < -0.39 is 5.97 Å². The zero-order valence-electron chi connectivity index (χ0n) is 19.0. The average Bonchev–Trinajstić information content (AvgIpc) is 2.79. The molecule has 1 saturated carbocycles. The number of hydrogen-bond donors (Lipinski definition) is 3. The van der Waals surface area contributed by atoms with Crippen molar-refractivity contribution in [2.75, 3.05) is 20.1 Å². The minimum atomic E-state index is -0.706. The van der Waals surface area contributed by atoms with Crippen molar-refractivity contribution in [3.63, 3.8) is 0 Å². The van der Waals surface area contributed by atoms with Gasteiger partial charge in [-0.25, -0.2) is 0 Å². The fourth-order valence-electron chi connectivity index (χ4n) is 4.15. The van der Waals surface area contributed by atoms with Gasteiger partial charge >= 0.3 is 5.97 Å². The van der Waals surface area contributed by atoms with Crippen LogP contribution in [-0.2, 0) is 4.79 Å². The lowest BCUT2D eigenvalue weighted by Crippen LogP contribution is -2.34. The minimum Gasteiger partial charge on any atom is -0.485 e. The van der Waals surface area contributed by atoms with E-state index in [4.69, 9.17) is 15.6 Å². The minimum absolute atomic E-state index is 0.0793. The van der Waals surface area contributed by atoms with Crippen molar-refractivity contribution >= 4 is 5.97 Å². The Labute approximate surface area is 187 Å². The molecule has 0 amide bonds. The molecule has 0 spiro atoms. The van der Waals surface area contributed by atoms with Crippen LogP contribution in [-0.4, -0.2) is 31.2 Å². The van der Waals surface area contributed by atoms with E-state index in [1.54, 1.807) is 0 Å². The number of rotatable bonds is 9. The standard InChI is InChI=1S/C17H21NO.C9H17NO2/c1-14-8-6-7-11-16(14)19-17(12-13-18-2)15-9-4-3-5-10-15;10-7-9(6-8(11)12)4-2-1-3-5-9/h3-11,17-18H,12-13H2,1-2H3;1-7,10H2,(H,11,12)/t17-;/m1./s1. The Morgan fingerprint density at radius 2 is 1.74 bits per heavy atom. The fourth-order valence-corrected chi connectivity index (χ4v) is 4.15. The monoisotopic (exact) mass is 426 g/mol. The van der Waals surface area contributed by atoms with E-state index in [1.807, 2.05) is 31.3 Å². The van der Waals surface area contributed by atoms with E-state index in [0.717, 1.165) is 44.4 Å². The van der Waals surface area contributed by atoms with Gasteiger partial charge in [0.15, 0.2) is 0 Å². The Bertz CT molecular complexity index is 773. The molecule has 1 atom stereocenters. The number of nitrogens with one attached hydrogen (secondary N) is 1. The van der Waals surface area contributed by atoms with Crippen molar-refractivity contribution in [2.45, 2.75) is 58.0 Å². The average molecular weight is 427 g/mol. The van der Waals surface area contributed by atoms with Gasteiger partial charge in [0.2, 0.25) is 0 Å². The van der Waals surface area contributed by atoms with E-state index >= 15 is 0 Å². The summed E-state index contributed by atoms with van der Waals surface area (Å²) in [5.74, 6) is 0.259. The first kappa shape index (κ1) is 24.9. The highest BCUT2D eigenvalue weighted by Gasteiger charge is 2.32. The first-order valence-corrected chi connectivity index (χ1v) is 11.3. The third kappa shape index (κ3) is 8.35. The van der Waals surface area contributed by atoms with Crippen LogP contribution in [0, 0.1) is 12.3 Å². The Balaban J connectivity index is 0.000000245. The van der Waals surface area contributed by atoms with Gasteiger partial charge in [-0.05, 0) is 62.5 Å². The molecule has 0 aromatic heterocycles. The summed E-state index contributed by atoms with van der Waals surface area (Å²) in [6.07, 6.45) is 6.81. The number of aryl methyl sites for hydroxylation is 1. The number of ether oxygens (including phenoxy) is 1. The van der Waals surface area contributed by atoms with E-state index in [2.05, 4.69) is 42.6 Å². The topological polar surface area (TPSA) is 84.6 Å². The second-order valence-corrected chi connectivity index (χ2v) is 8.51. The van der Waals surface area contributed by atoms with E-state index in [9.17, 15) is 4.79 Å². The van der Waals surface area contributed by atoms with Gasteiger partial charge in [-0.15, -0.1) is 0 Å². The number of carboxylic acid groups (broad SMARTS) is 1. The number of hydrogen-bond acceptors (Lipinski definition) is 4. The van der Waals surface area contributed by atoms with Crippen LogP contribution in [0.25, 0.3) is 0 Å². The summed E-state index contributed by atoms with van der Waals surface area (Å²) in [7, 11) is 1.97. The quantitative estimate of drug-likeness (QED) is 0.520. The third-order valence-corrected chi connectivity index (χ3v) is 6.06. The molecule has 170 valence electrons. The molecule has 2 aromatic rings. The molecule has 31 heavy (non-hydrogen) atoms. The van der Waals surface area contributed by atoms with Crippen LogP contribution in [0.3, 0.4) is 0 Å².